The van der Waals surface area contributed by atoms with E-state index in [1.54, 1.807) is 0 Å². The zero-order valence-electron chi connectivity index (χ0n) is 21.0. The van der Waals surface area contributed by atoms with Crippen molar-refractivity contribution in [3.8, 4) is 0 Å². The molecule has 2 aromatic heterocycles. The van der Waals surface area contributed by atoms with Crippen molar-refractivity contribution in [2.24, 2.45) is 0 Å². The lowest BCUT2D eigenvalue weighted by molar-refractivity contribution is -0.137. The first kappa shape index (κ1) is 28.9. The Morgan fingerprint density at radius 1 is 1.10 bits per heavy atom. The third kappa shape index (κ3) is 7.11. The van der Waals surface area contributed by atoms with Crippen LogP contribution in [-0.4, -0.2) is 58.9 Å². The van der Waals surface area contributed by atoms with Gasteiger partial charge in [-0.3, -0.25) is 9.52 Å². The van der Waals surface area contributed by atoms with E-state index in [0.29, 0.717) is 11.9 Å². The molecular weight excluding hydrogens is 561 g/mol. The summed E-state index contributed by atoms with van der Waals surface area (Å²) in [5.41, 5.74) is -0.375. The third-order valence-corrected chi connectivity index (χ3v) is 7.17. The molecule has 0 unspecified atom stereocenters. The van der Waals surface area contributed by atoms with Crippen molar-refractivity contribution in [2.75, 3.05) is 34.2 Å². The zero-order valence-corrected chi connectivity index (χ0v) is 21.8. The maximum Gasteiger partial charge on any atom is 0.421 e. The van der Waals surface area contributed by atoms with Crippen LogP contribution in [0.4, 0.5) is 45.2 Å². The van der Waals surface area contributed by atoms with Crippen molar-refractivity contribution < 1.29 is 35.2 Å². The molecule has 1 aromatic carbocycles. The van der Waals surface area contributed by atoms with Crippen LogP contribution in [0, 0.1) is 0 Å². The number of nitrogens with one attached hydrogen (secondary N) is 3. The average molecular weight is 586 g/mol. The van der Waals surface area contributed by atoms with Gasteiger partial charge in [-0.1, -0.05) is 6.07 Å². The van der Waals surface area contributed by atoms with Gasteiger partial charge in [0.25, 0.3) is 11.8 Å². The van der Waals surface area contributed by atoms with Crippen LogP contribution in [-0.2, 0) is 22.7 Å². The minimum atomic E-state index is -4.79. The molecule has 1 fully saturated rings. The van der Waals surface area contributed by atoms with Crippen molar-refractivity contribution in [3.63, 3.8) is 0 Å². The molecule has 16 heteroatoms. The van der Waals surface area contributed by atoms with E-state index >= 15 is 0 Å². The molecule has 40 heavy (non-hydrogen) atoms. The zero-order chi connectivity index (χ0) is 29.1. The number of hydrogen-bond donors (Lipinski definition) is 3. The van der Waals surface area contributed by atoms with Crippen LogP contribution >= 0.6 is 0 Å². The van der Waals surface area contributed by atoms with Crippen molar-refractivity contribution >= 4 is 39.2 Å². The van der Waals surface area contributed by atoms with Gasteiger partial charge in [0, 0.05) is 48.7 Å². The number of halogens is 5. The smallest absolute Gasteiger partial charge is 0.365 e. The fraction of sp³-hybridized carbons (Fsp3) is 0.333. The Kier molecular flexibility index (Phi) is 8.09. The Morgan fingerprint density at radius 3 is 2.45 bits per heavy atom. The van der Waals surface area contributed by atoms with Crippen LogP contribution in [0.1, 0.15) is 34.8 Å². The van der Waals surface area contributed by atoms with Gasteiger partial charge in [-0.05, 0) is 37.3 Å². The number of anilines is 4. The van der Waals surface area contributed by atoms with E-state index < -0.39 is 52.4 Å². The predicted molar refractivity (Wildman–Crippen MR) is 137 cm³/mol. The molecule has 1 amide bonds. The van der Waals surface area contributed by atoms with Gasteiger partial charge in [0.2, 0.25) is 16.0 Å². The summed E-state index contributed by atoms with van der Waals surface area (Å²) in [6.07, 6.45) is -3.27. The average Bonchev–Trinajstić information content (AvgIpc) is 3.27. The molecule has 0 atom stereocenters. The number of aromatic nitrogens is 3. The number of benzene rings is 1. The Balaban J connectivity index is 1.51. The lowest BCUT2D eigenvalue weighted by Gasteiger charge is -2.17. The second kappa shape index (κ2) is 11.2. The number of sulfonamides is 1. The summed E-state index contributed by atoms with van der Waals surface area (Å²) in [6, 6.07) is 8.67. The molecule has 1 aliphatic rings. The SMILES string of the molecule is CCS(=O)(=O)Nc1ncccc1CNc1nc(Nc2ccc(C(=O)N3CCC(F)(F)C3)cc2)ncc1C(F)(F)F. The highest BCUT2D eigenvalue weighted by Gasteiger charge is 2.40. The fourth-order valence-corrected chi connectivity index (χ4v) is 4.40. The summed E-state index contributed by atoms with van der Waals surface area (Å²) in [5, 5.41) is 5.31. The summed E-state index contributed by atoms with van der Waals surface area (Å²) < 4.78 is 94.0. The van der Waals surface area contributed by atoms with Gasteiger partial charge < -0.3 is 15.5 Å². The van der Waals surface area contributed by atoms with E-state index in [0.717, 1.165) is 4.90 Å². The number of carbonyl (C=O) groups excluding carboxylic acids is 1. The monoisotopic (exact) mass is 585 g/mol. The first-order valence-corrected chi connectivity index (χ1v) is 13.6. The lowest BCUT2D eigenvalue weighted by atomic mass is 10.2. The number of amides is 1. The Hall–Kier alpha value is -4.08. The van der Waals surface area contributed by atoms with E-state index in [1.807, 2.05) is 0 Å². The van der Waals surface area contributed by atoms with E-state index in [2.05, 4.69) is 30.3 Å². The molecule has 1 aliphatic heterocycles. The van der Waals surface area contributed by atoms with E-state index in [1.165, 1.54) is 49.5 Å². The second-order valence-electron chi connectivity index (χ2n) is 8.86. The van der Waals surface area contributed by atoms with Crippen LogP contribution in [0.15, 0.2) is 48.8 Å². The highest BCUT2D eigenvalue weighted by atomic mass is 32.2. The molecule has 1 saturated heterocycles. The Bertz CT molecular complexity index is 1480. The van der Waals surface area contributed by atoms with Crippen LogP contribution in [0.25, 0.3) is 0 Å². The number of hydrogen-bond acceptors (Lipinski definition) is 8. The van der Waals surface area contributed by atoms with Crippen molar-refractivity contribution in [1.29, 1.82) is 0 Å². The van der Waals surface area contributed by atoms with Gasteiger partial charge in [0.1, 0.15) is 17.2 Å². The quantitative estimate of drug-likeness (QED) is 0.314. The van der Waals surface area contributed by atoms with E-state index in [9.17, 15) is 35.2 Å². The number of nitrogens with zero attached hydrogens (tertiary/aromatic N) is 4. The Morgan fingerprint density at radius 2 is 1.82 bits per heavy atom. The van der Waals surface area contributed by atoms with Crippen molar-refractivity contribution in [1.82, 2.24) is 19.9 Å². The molecule has 3 heterocycles. The van der Waals surface area contributed by atoms with Gasteiger partial charge in [-0.25, -0.2) is 27.2 Å². The number of carbonyl (C=O) groups is 1. The Labute approximate surface area is 226 Å². The molecule has 0 bridgehead atoms. The summed E-state index contributed by atoms with van der Waals surface area (Å²) in [5.74, 6) is -4.52. The van der Waals surface area contributed by atoms with Crippen molar-refractivity contribution in [2.45, 2.75) is 32.0 Å². The molecule has 3 aromatic rings. The minimum absolute atomic E-state index is 0.0369. The van der Waals surface area contributed by atoms with E-state index in [4.69, 9.17) is 0 Å². The number of likely N-dealkylation sites (tertiary alicyclic amines) is 1. The second-order valence-corrected chi connectivity index (χ2v) is 10.9. The molecular formula is C24H24F5N7O3S. The van der Waals surface area contributed by atoms with Gasteiger partial charge in [-0.15, -0.1) is 0 Å². The molecule has 4 rings (SSSR count). The normalized spacial score (nSPS) is 15.1. The standard InChI is InChI=1S/C24H24F5N7O3S/c1-2-40(38,39)35-19-16(4-3-10-30-19)12-31-20-18(24(27,28)29)13-32-22(34-20)33-17-7-5-15(6-8-17)21(37)36-11-9-23(25,26)14-36/h3-8,10,13H,2,9,11-12,14H2,1H3,(H,30,35)(H2,31,32,33,34). The maximum absolute atomic E-state index is 13.6. The van der Waals surface area contributed by atoms with Gasteiger partial charge in [0.05, 0.1) is 12.3 Å². The topological polar surface area (TPSA) is 129 Å². The maximum atomic E-state index is 13.6. The van der Waals surface area contributed by atoms with Gasteiger partial charge in [0.15, 0.2) is 0 Å². The minimum Gasteiger partial charge on any atom is -0.365 e. The first-order valence-electron chi connectivity index (χ1n) is 11.9. The van der Waals surface area contributed by atoms with Crippen LogP contribution < -0.4 is 15.4 Å². The summed E-state index contributed by atoms with van der Waals surface area (Å²) in [4.78, 5) is 25.2. The highest BCUT2D eigenvalue weighted by molar-refractivity contribution is 7.92. The molecule has 0 spiro atoms. The van der Waals surface area contributed by atoms with Gasteiger partial charge >= 0.3 is 6.18 Å². The molecule has 214 valence electrons. The predicted octanol–water partition coefficient (Wildman–Crippen LogP) is 4.49. The van der Waals surface area contributed by atoms with Crippen LogP contribution in [0.3, 0.4) is 0 Å². The van der Waals surface area contributed by atoms with Crippen molar-refractivity contribution in [3.05, 3.63) is 65.5 Å². The van der Waals surface area contributed by atoms with Gasteiger partial charge in [-0.2, -0.15) is 18.2 Å². The highest BCUT2D eigenvalue weighted by Crippen LogP contribution is 2.34. The summed E-state index contributed by atoms with van der Waals surface area (Å²) in [7, 11) is -3.68. The first-order chi connectivity index (χ1) is 18.8. The molecule has 0 radical (unpaired) electrons. The molecule has 0 aliphatic carbocycles. The molecule has 10 nitrogen and oxygen atoms in total. The van der Waals surface area contributed by atoms with Crippen LogP contribution in [0.5, 0.6) is 0 Å². The molecule has 0 saturated carbocycles. The molecule has 3 N–H and O–H groups in total. The number of rotatable bonds is 9. The number of pyridine rings is 1. The fourth-order valence-electron chi connectivity index (χ4n) is 3.77. The van der Waals surface area contributed by atoms with Crippen LogP contribution in [0.2, 0.25) is 0 Å². The summed E-state index contributed by atoms with van der Waals surface area (Å²) >= 11 is 0. The van der Waals surface area contributed by atoms with E-state index in [-0.39, 0.29) is 41.7 Å². The number of alkyl halides is 5. The summed E-state index contributed by atoms with van der Waals surface area (Å²) in [6.45, 7) is 0.452. The largest absolute Gasteiger partial charge is 0.421 e. The lowest BCUT2D eigenvalue weighted by Crippen LogP contribution is -2.31. The third-order valence-electron chi connectivity index (χ3n) is 5.91.